The first-order chi connectivity index (χ1) is 7.70. The Balaban J connectivity index is 2.34. The number of aliphatic carboxylic acids is 1. The van der Waals surface area contributed by atoms with E-state index in [0.29, 0.717) is 0 Å². The van der Waals surface area contributed by atoms with Gasteiger partial charge in [0.1, 0.15) is 6.61 Å². The summed E-state index contributed by atoms with van der Waals surface area (Å²) >= 11 is 0. The lowest BCUT2D eigenvalue weighted by molar-refractivity contribution is -0.129. The second kappa shape index (κ2) is 6.40. The summed E-state index contributed by atoms with van der Waals surface area (Å²) in [5.74, 6) is -1.08. The molecule has 1 aromatic carbocycles. The van der Waals surface area contributed by atoms with Crippen molar-refractivity contribution < 1.29 is 14.7 Å². The van der Waals surface area contributed by atoms with Gasteiger partial charge in [0.05, 0.1) is 0 Å². The van der Waals surface area contributed by atoms with Gasteiger partial charge in [-0.15, -0.1) is 0 Å². The summed E-state index contributed by atoms with van der Waals surface area (Å²) in [6, 6.07) is 9.74. The predicted octanol–water partition coefficient (Wildman–Crippen LogP) is 2.18. The molecule has 0 unspecified atom stereocenters. The van der Waals surface area contributed by atoms with E-state index in [9.17, 15) is 4.79 Å². The van der Waals surface area contributed by atoms with Crippen LogP contribution in [-0.4, -0.2) is 23.4 Å². The second-order valence-corrected chi connectivity index (χ2v) is 3.09. The Morgan fingerprint density at radius 3 is 2.75 bits per heavy atom. The number of carbonyl (C=O) groups is 1. The molecule has 0 saturated heterocycles. The summed E-state index contributed by atoms with van der Waals surface area (Å²) in [6.07, 6.45) is 3.65. The number of hydrogen-bond donors (Lipinski definition) is 1. The van der Waals surface area contributed by atoms with Gasteiger partial charge in [-0.1, -0.05) is 41.6 Å². The number of rotatable bonds is 5. The Hall–Kier alpha value is -2.10. The van der Waals surface area contributed by atoms with E-state index in [4.69, 9.17) is 9.94 Å². The van der Waals surface area contributed by atoms with E-state index in [1.807, 2.05) is 36.4 Å². The number of carboxylic acid groups (broad SMARTS) is 1. The molecule has 0 amide bonds. The normalized spacial score (nSPS) is 11.7. The zero-order valence-corrected chi connectivity index (χ0v) is 8.96. The fourth-order valence-electron chi connectivity index (χ4n) is 0.965. The molecule has 0 radical (unpaired) electrons. The molecule has 0 aliphatic carbocycles. The predicted molar refractivity (Wildman–Crippen MR) is 62.2 cm³/mol. The molecule has 1 aromatic rings. The monoisotopic (exact) mass is 219 g/mol. The highest BCUT2D eigenvalue weighted by molar-refractivity contribution is 6.34. The number of carboxylic acids is 1. The summed E-state index contributed by atoms with van der Waals surface area (Å²) in [5, 5.41) is 11.9. The molecule has 16 heavy (non-hydrogen) atoms. The number of hydrogen-bond acceptors (Lipinski definition) is 3. The van der Waals surface area contributed by atoms with Gasteiger partial charge in [0, 0.05) is 0 Å². The Morgan fingerprint density at radius 1 is 1.44 bits per heavy atom. The van der Waals surface area contributed by atoms with Crippen LogP contribution in [0, 0.1) is 0 Å². The quantitative estimate of drug-likeness (QED) is 0.469. The fourth-order valence-corrected chi connectivity index (χ4v) is 0.965. The van der Waals surface area contributed by atoms with Crippen molar-refractivity contribution in [3.8, 4) is 0 Å². The first-order valence-electron chi connectivity index (χ1n) is 4.81. The van der Waals surface area contributed by atoms with E-state index in [0.717, 1.165) is 5.56 Å². The van der Waals surface area contributed by atoms with E-state index in [2.05, 4.69) is 5.16 Å². The maximum absolute atomic E-state index is 10.4. The van der Waals surface area contributed by atoms with Gasteiger partial charge in [-0.05, 0) is 18.6 Å². The molecule has 1 rings (SSSR count). The summed E-state index contributed by atoms with van der Waals surface area (Å²) < 4.78 is 0. The van der Waals surface area contributed by atoms with E-state index >= 15 is 0 Å². The van der Waals surface area contributed by atoms with E-state index in [-0.39, 0.29) is 12.3 Å². The molecule has 0 saturated carbocycles. The van der Waals surface area contributed by atoms with Crippen LogP contribution in [-0.2, 0) is 9.63 Å². The molecule has 0 fully saturated rings. The highest BCUT2D eigenvalue weighted by Gasteiger charge is 2.00. The summed E-state index contributed by atoms with van der Waals surface area (Å²) in [6.45, 7) is 1.63. The maximum Gasteiger partial charge on any atom is 0.353 e. The van der Waals surface area contributed by atoms with Gasteiger partial charge < -0.3 is 9.94 Å². The molecule has 0 spiro atoms. The highest BCUT2D eigenvalue weighted by Crippen LogP contribution is 2.00. The van der Waals surface area contributed by atoms with Gasteiger partial charge in [-0.2, -0.15) is 0 Å². The van der Waals surface area contributed by atoms with Crippen molar-refractivity contribution >= 4 is 17.8 Å². The third kappa shape index (κ3) is 4.41. The van der Waals surface area contributed by atoms with Crippen LogP contribution in [0.25, 0.3) is 6.08 Å². The lowest BCUT2D eigenvalue weighted by Gasteiger charge is -1.95. The van der Waals surface area contributed by atoms with Crippen molar-refractivity contribution in [2.75, 3.05) is 6.61 Å². The van der Waals surface area contributed by atoms with Crippen molar-refractivity contribution in [2.45, 2.75) is 6.92 Å². The van der Waals surface area contributed by atoms with Crippen molar-refractivity contribution in [3.05, 3.63) is 42.0 Å². The van der Waals surface area contributed by atoms with Crippen molar-refractivity contribution in [1.29, 1.82) is 0 Å². The highest BCUT2D eigenvalue weighted by atomic mass is 16.6. The SMILES string of the molecule is CC(=NOCC=Cc1ccccc1)C(=O)O. The fraction of sp³-hybridized carbons (Fsp3) is 0.167. The standard InChI is InChI=1S/C12H13NO3/c1-10(12(14)15)13-16-9-5-8-11-6-3-2-4-7-11/h2-8H,9H2,1H3,(H,14,15). The van der Waals surface area contributed by atoms with Gasteiger partial charge in [0.25, 0.3) is 0 Å². The maximum atomic E-state index is 10.4. The smallest absolute Gasteiger partial charge is 0.353 e. The van der Waals surface area contributed by atoms with E-state index < -0.39 is 5.97 Å². The molecule has 1 N–H and O–H groups in total. The van der Waals surface area contributed by atoms with E-state index in [1.165, 1.54) is 6.92 Å². The van der Waals surface area contributed by atoms with Crippen LogP contribution < -0.4 is 0 Å². The number of oxime groups is 1. The van der Waals surface area contributed by atoms with Gasteiger partial charge in [0.2, 0.25) is 0 Å². The molecule has 4 heteroatoms. The zero-order valence-electron chi connectivity index (χ0n) is 8.96. The average molecular weight is 219 g/mol. The molecule has 0 aliphatic rings. The van der Waals surface area contributed by atoms with E-state index in [1.54, 1.807) is 6.08 Å². The van der Waals surface area contributed by atoms with Crippen LogP contribution in [0.2, 0.25) is 0 Å². The van der Waals surface area contributed by atoms with Crippen LogP contribution in [0.1, 0.15) is 12.5 Å². The largest absolute Gasteiger partial charge is 0.477 e. The third-order valence-electron chi connectivity index (χ3n) is 1.79. The Labute approximate surface area is 93.9 Å². The Bertz CT molecular complexity index is 396. The Morgan fingerprint density at radius 2 is 2.12 bits per heavy atom. The molecule has 0 heterocycles. The molecule has 0 atom stereocenters. The topological polar surface area (TPSA) is 58.9 Å². The van der Waals surface area contributed by atoms with Crippen LogP contribution in [0.3, 0.4) is 0 Å². The molecule has 0 bridgehead atoms. The van der Waals surface area contributed by atoms with Crippen molar-refractivity contribution in [1.82, 2.24) is 0 Å². The van der Waals surface area contributed by atoms with Gasteiger partial charge in [-0.25, -0.2) is 4.79 Å². The van der Waals surface area contributed by atoms with Gasteiger partial charge >= 0.3 is 5.97 Å². The molecule has 4 nitrogen and oxygen atoms in total. The minimum atomic E-state index is -1.08. The van der Waals surface area contributed by atoms with Crippen LogP contribution >= 0.6 is 0 Å². The number of benzene rings is 1. The second-order valence-electron chi connectivity index (χ2n) is 3.09. The van der Waals surface area contributed by atoms with Gasteiger partial charge in [0.15, 0.2) is 5.71 Å². The lowest BCUT2D eigenvalue weighted by Crippen LogP contribution is -2.08. The van der Waals surface area contributed by atoms with Crippen molar-refractivity contribution in [3.63, 3.8) is 0 Å². The number of nitrogens with zero attached hydrogens (tertiary/aromatic N) is 1. The average Bonchev–Trinajstić information content (AvgIpc) is 2.29. The van der Waals surface area contributed by atoms with Gasteiger partial charge in [-0.3, -0.25) is 0 Å². The minimum absolute atomic E-state index is 0.0619. The van der Waals surface area contributed by atoms with Crippen LogP contribution in [0.4, 0.5) is 0 Å². The lowest BCUT2D eigenvalue weighted by atomic mass is 10.2. The molecule has 84 valence electrons. The first-order valence-corrected chi connectivity index (χ1v) is 4.81. The first kappa shape index (κ1) is 12.0. The van der Waals surface area contributed by atoms with Crippen LogP contribution in [0.15, 0.2) is 41.6 Å². The molecular formula is C12H13NO3. The third-order valence-corrected chi connectivity index (χ3v) is 1.79. The summed E-state index contributed by atoms with van der Waals surface area (Å²) in [4.78, 5) is 15.2. The molecule has 0 aromatic heterocycles. The van der Waals surface area contributed by atoms with Crippen LogP contribution in [0.5, 0.6) is 0 Å². The Kier molecular flexibility index (Phi) is 4.79. The summed E-state index contributed by atoms with van der Waals surface area (Å²) in [7, 11) is 0. The molecule has 0 aliphatic heterocycles. The summed E-state index contributed by atoms with van der Waals surface area (Å²) in [5.41, 5.74) is 0.998. The van der Waals surface area contributed by atoms with Crippen molar-refractivity contribution in [2.24, 2.45) is 5.16 Å². The zero-order chi connectivity index (χ0) is 11.8. The molecular weight excluding hydrogens is 206 g/mol. The minimum Gasteiger partial charge on any atom is -0.477 e.